The van der Waals surface area contributed by atoms with E-state index in [0.717, 1.165) is 10.4 Å². The Hall–Kier alpha value is -2.81. The molecule has 0 atom stereocenters. The van der Waals surface area contributed by atoms with E-state index in [1.807, 2.05) is 0 Å². The zero-order valence-electron chi connectivity index (χ0n) is 14.2. The minimum atomic E-state index is -4.09. The number of benzene rings is 2. The molecule has 0 unspecified atom stereocenters. The van der Waals surface area contributed by atoms with E-state index < -0.39 is 21.7 Å². The number of hydrogen-bond acceptors (Lipinski definition) is 5. The van der Waals surface area contributed by atoms with Gasteiger partial charge in [-0.15, -0.1) is 0 Å². The first-order valence-corrected chi connectivity index (χ1v) is 9.29. The highest BCUT2D eigenvalue weighted by molar-refractivity contribution is 7.92. The number of phenols is 1. The predicted octanol–water partition coefficient (Wildman–Crippen LogP) is 2.13. The third kappa shape index (κ3) is 3.05. The number of amides is 1. The number of nitrogens with zero attached hydrogens (tertiary/aromatic N) is 2. The first-order valence-electron chi connectivity index (χ1n) is 7.85. The topological polar surface area (TPSA) is 90.0 Å². The van der Waals surface area contributed by atoms with Gasteiger partial charge >= 0.3 is 0 Å². The normalized spacial score (nSPS) is 14.1. The van der Waals surface area contributed by atoms with Crippen LogP contribution in [0.1, 0.15) is 6.92 Å². The van der Waals surface area contributed by atoms with E-state index in [1.165, 1.54) is 31.2 Å². The van der Waals surface area contributed by atoms with Crippen molar-refractivity contribution in [2.75, 3.05) is 34.7 Å². The van der Waals surface area contributed by atoms with Crippen LogP contribution in [0.25, 0.3) is 0 Å². The smallest absolute Gasteiger partial charge is 0.264 e. The molecule has 2 N–H and O–H groups in total. The van der Waals surface area contributed by atoms with Crippen molar-refractivity contribution in [3.63, 3.8) is 0 Å². The van der Waals surface area contributed by atoms with Crippen molar-refractivity contribution in [2.24, 2.45) is 0 Å². The van der Waals surface area contributed by atoms with Crippen LogP contribution in [0.15, 0.2) is 41.3 Å². The number of sulfonamides is 1. The van der Waals surface area contributed by atoms with Gasteiger partial charge in [0.25, 0.3) is 10.0 Å². The molecule has 1 aliphatic rings. The van der Waals surface area contributed by atoms with Crippen molar-refractivity contribution < 1.29 is 22.7 Å². The van der Waals surface area contributed by atoms with E-state index in [0.29, 0.717) is 12.2 Å². The Kier molecular flexibility index (Phi) is 4.49. The summed E-state index contributed by atoms with van der Waals surface area (Å²) in [5, 5.41) is 12.2. The SMILES string of the molecule is CC(=O)Nc1cc(S(=O)(=O)N2CCN(C)c3cccc(F)c32)ccc1O. The van der Waals surface area contributed by atoms with E-state index in [4.69, 9.17) is 0 Å². The van der Waals surface area contributed by atoms with E-state index in [1.54, 1.807) is 18.0 Å². The van der Waals surface area contributed by atoms with Crippen LogP contribution in [0.5, 0.6) is 5.75 Å². The van der Waals surface area contributed by atoms with Crippen LogP contribution in [0.3, 0.4) is 0 Å². The number of para-hydroxylation sites is 1. The van der Waals surface area contributed by atoms with Crippen molar-refractivity contribution in [2.45, 2.75) is 11.8 Å². The van der Waals surface area contributed by atoms with Crippen LogP contribution < -0.4 is 14.5 Å². The Morgan fingerprint density at radius 2 is 1.96 bits per heavy atom. The van der Waals surface area contributed by atoms with Gasteiger partial charge in [-0.1, -0.05) is 6.07 Å². The fourth-order valence-corrected chi connectivity index (χ4v) is 4.37. The number of rotatable bonds is 3. The maximum atomic E-state index is 14.4. The van der Waals surface area contributed by atoms with Crippen molar-refractivity contribution in [1.29, 1.82) is 0 Å². The van der Waals surface area contributed by atoms with Crippen LogP contribution in [0, 0.1) is 5.82 Å². The average Bonchev–Trinajstić information content (AvgIpc) is 2.57. The molecule has 0 radical (unpaired) electrons. The van der Waals surface area contributed by atoms with Crippen LogP contribution >= 0.6 is 0 Å². The van der Waals surface area contributed by atoms with Crippen LogP contribution in [0.4, 0.5) is 21.5 Å². The number of hydrogen-bond donors (Lipinski definition) is 2. The van der Waals surface area contributed by atoms with Gasteiger partial charge in [-0.2, -0.15) is 0 Å². The Morgan fingerprint density at radius 3 is 2.65 bits per heavy atom. The van der Waals surface area contributed by atoms with Crippen molar-refractivity contribution >= 4 is 33.0 Å². The lowest BCUT2D eigenvalue weighted by Gasteiger charge is -2.36. The molecular formula is C17H18FN3O4S. The summed E-state index contributed by atoms with van der Waals surface area (Å²) in [4.78, 5) is 12.9. The van der Waals surface area contributed by atoms with Crippen molar-refractivity contribution in [1.82, 2.24) is 0 Å². The standard InChI is InChI=1S/C17H18FN3O4S/c1-11(22)19-14-10-12(6-7-16(14)23)26(24,25)21-9-8-20(2)15-5-3-4-13(18)17(15)21/h3-7,10,23H,8-9H2,1-2H3,(H,19,22). The highest BCUT2D eigenvalue weighted by atomic mass is 32.2. The minimum Gasteiger partial charge on any atom is -0.506 e. The van der Waals surface area contributed by atoms with Gasteiger partial charge in [-0.25, -0.2) is 12.8 Å². The summed E-state index contributed by atoms with van der Waals surface area (Å²) in [5.74, 6) is -1.35. The second kappa shape index (κ2) is 6.49. The maximum absolute atomic E-state index is 14.4. The molecule has 0 fully saturated rings. The van der Waals surface area contributed by atoms with E-state index in [2.05, 4.69) is 5.32 Å². The maximum Gasteiger partial charge on any atom is 0.264 e. The third-order valence-electron chi connectivity index (χ3n) is 4.13. The third-order valence-corrected chi connectivity index (χ3v) is 5.93. The predicted molar refractivity (Wildman–Crippen MR) is 96.6 cm³/mol. The van der Waals surface area contributed by atoms with Gasteiger partial charge in [0.05, 0.1) is 22.8 Å². The highest BCUT2D eigenvalue weighted by Gasteiger charge is 2.33. The Balaban J connectivity index is 2.11. The molecule has 138 valence electrons. The summed E-state index contributed by atoms with van der Waals surface area (Å²) in [6.45, 7) is 1.71. The lowest BCUT2D eigenvalue weighted by Crippen LogP contribution is -2.43. The number of halogens is 1. The number of carbonyl (C=O) groups excluding carboxylic acids is 1. The molecule has 2 aromatic carbocycles. The molecular weight excluding hydrogens is 361 g/mol. The molecule has 1 heterocycles. The molecule has 0 saturated carbocycles. The number of anilines is 3. The van der Waals surface area contributed by atoms with E-state index >= 15 is 0 Å². The second-order valence-electron chi connectivity index (χ2n) is 5.97. The average molecular weight is 379 g/mol. The van der Waals surface area contributed by atoms with Crippen molar-refractivity contribution in [3.05, 3.63) is 42.2 Å². The quantitative estimate of drug-likeness (QED) is 0.798. The number of phenolic OH excluding ortho intramolecular Hbond substituents is 1. The molecule has 0 aliphatic carbocycles. The molecule has 0 aromatic heterocycles. The summed E-state index contributed by atoms with van der Waals surface area (Å²) in [6, 6.07) is 7.94. The van der Waals surface area contributed by atoms with Gasteiger partial charge in [-0.3, -0.25) is 9.10 Å². The zero-order valence-corrected chi connectivity index (χ0v) is 15.0. The minimum absolute atomic E-state index is 0.0181. The molecule has 0 saturated heterocycles. The number of aromatic hydroxyl groups is 1. The largest absolute Gasteiger partial charge is 0.506 e. The zero-order chi connectivity index (χ0) is 19.1. The van der Waals surface area contributed by atoms with Gasteiger partial charge < -0.3 is 15.3 Å². The summed E-state index contributed by atoms with van der Waals surface area (Å²) in [5.41, 5.74) is 0.428. The second-order valence-corrected chi connectivity index (χ2v) is 7.83. The Morgan fingerprint density at radius 1 is 1.23 bits per heavy atom. The van der Waals surface area contributed by atoms with Gasteiger partial charge in [-0.05, 0) is 30.3 Å². The van der Waals surface area contributed by atoms with E-state index in [9.17, 15) is 22.7 Å². The summed E-state index contributed by atoms with van der Waals surface area (Å²) in [7, 11) is -2.33. The van der Waals surface area contributed by atoms with Gasteiger partial charge in [0.2, 0.25) is 5.91 Å². The first-order chi connectivity index (χ1) is 12.2. The molecule has 1 amide bonds. The monoisotopic (exact) mass is 379 g/mol. The summed E-state index contributed by atoms with van der Waals surface area (Å²) < 4.78 is 41.7. The van der Waals surface area contributed by atoms with Gasteiger partial charge in [0, 0.05) is 20.5 Å². The molecule has 3 rings (SSSR count). The molecule has 7 nitrogen and oxygen atoms in total. The molecule has 26 heavy (non-hydrogen) atoms. The lowest BCUT2D eigenvalue weighted by molar-refractivity contribution is -0.114. The molecule has 1 aliphatic heterocycles. The molecule has 0 spiro atoms. The van der Waals surface area contributed by atoms with E-state index in [-0.39, 0.29) is 28.6 Å². The fourth-order valence-electron chi connectivity index (χ4n) is 2.86. The first kappa shape index (κ1) is 18.0. The van der Waals surface area contributed by atoms with Crippen LogP contribution in [-0.4, -0.2) is 39.6 Å². The lowest BCUT2D eigenvalue weighted by atomic mass is 10.2. The highest BCUT2D eigenvalue weighted by Crippen LogP contribution is 2.38. The fraction of sp³-hybridized carbons (Fsp3) is 0.235. The number of nitrogens with one attached hydrogen (secondary N) is 1. The summed E-state index contributed by atoms with van der Waals surface area (Å²) in [6.07, 6.45) is 0. The Bertz CT molecular complexity index is 978. The molecule has 0 bridgehead atoms. The number of carbonyl (C=O) groups is 1. The van der Waals surface area contributed by atoms with Gasteiger partial charge in [0.1, 0.15) is 17.3 Å². The number of fused-ring (bicyclic) bond motifs is 1. The van der Waals surface area contributed by atoms with Crippen LogP contribution in [0.2, 0.25) is 0 Å². The number of likely N-dealkylation sites (N-methyl/N-ethyl adjacent to an activating group) is 1. The van der Waals surface area contributed by atoms with Crippen molar-refractivity contribution in [3.8, 4) is 5.75 Å². The molecule has 2 aromatic rings. The Labute approximate surface area is 150 Å². The van der Waals surface area contributed by atoms with Gasteiger partial charge in [0.15, 0.2) is 0 Å². The molecule has 9 heteroatoms. The van der Waals surface area contributed by atoms with Crippen LogP contribution in [-0.2, 0) is 14.8 Å². The summed E-state index contributed by atoms with van der Waals surface area (Å²) >= 11 is 0.